The summed E-state index contributed by atoms with van der Waals surface area (Å²) in [5.41, 5.74) is 5.59. The Bertz CT molecular complexity index is 10500. The fraction of sp³-hybridized carbons (Fsp3) is 0.100. The molecule has 0 aliphatic heterocycles. The summed E-state index contributed by atoms with van der Waals surface area (Å²) in [6, 6.07) is 78.1. The predicted molar refractivity (Wildman–Crippen MR) is 577 cm³/mol. The molecule has 0 N–H and O–H groups in total. The number of nitriles is 8. The SMILES string of the molecule is [C-]#[N+]c1cc2c(=O)n(-c3c(C(C)C)cccc3C(C)C)c(=O)c3cc(C#N)c4c5cc(C#N)ccc5oc1c4c23.[C-]#[N+]c1cc2c(=O)n(-c3c(C(C)C)cccc3C(C)C)c(=O)c3cc(C#N)c4c5cc(C#N)ccc5sc1c4c23.[C-]#[N+]c1cc2c(=O)n(-c3ccccc3)c(=O)c3cc(C#N)c4c5cc(C#N)ccc5oc1c4c23.[C-]#[N+]c1cc2c(=O)n(-c3ccccc3)c(=O)c3cc(C#N)c4c5cc(C#N)ccc5sc1c4c23. The second-order valence-corrected chi connectivity index (χ2v) is 38.8. The van der Waals surface area contributed by atoms with Gasteiger partial charge in [0.05, 0.1) is 164 Å². The van der Waals surface area contributed by atoms with Crippen molar-refractivity contribution in [2.75, 3.05) is 0 Å². The van der Waals surface area contributed by atoms with Gasteiger partial charge in [-0.1, -0.05) is 128 Å². The molecule has 0 saturated heterocycles. The third kappa shape index (κ3) is 14.0. The lowest BCUT2D eigenvalue weighted by Crippen LogP contribution is -2.34. The molecule has 0 spiro atoms. The lowest BCUT2D eigenvalue weighted by molar-refractivity contribution is 0.663. The molecule has 0 aliphatic carbocycles. The zero-order valence-corrected chi connectivity index (χ0v) is 80.8. The van der Waals surface area contributed by atoms with Crippen molar-refractivity contribution in [2.24, 2.45) is 0 Å². The average molecular weight is 1950 g/mol. The minimum absolute atomic E-state index is 0.0266. The number of para-hydroxylation sites is 4. The summed E-state index contributed by atoms with van der Waals surface area (Å²) in [6.45, 7) is 47.5. The van der Waals surface area contributed by atoms with Crippen LogP contribution < -0.4 is 44.5 Å². The fourth-order valence-corrected chi connectivity index (χ4v) is 23.1. The largest absolute Gasteiger partial charge is 0.467 e. The number of pyridine rings is 4. The topological polar surface area (TPSA) is 390 Å². The van der Waals surface area contributed by atoms with Crippen LogP contribution in [0.15, 0.2) is 266 Å². The van der Waals surface area contributed by atoms with E-state index in [4.69, 9.17) is 35.1 Å². The van der Waals surface area contributed by atoms with Crippen molar-refractivity contribution in [3.8, 4) is 71.3 Å². The van der Waals surface area contributed by atoms with Crippen LogP contribution in [0.5, 0.6) is 0 Å². The molecule has 0 saturated carbocycles. The molecule has 16 aromatic carbocycles. The molecular weight excluding hydrogens is 1890 g/mol. The molecular formula is C120H64N16O10S2. The standard InChI is InChI=1S/C33H22N4O3.C33H22N4O2S.C27H10N4O3.C27H10N4O2S/c2*1-16(2)20-7-6-8-21(17(3)4)30(20)37-32(38)23-12-19(15-35)27-22-11-18(14-34)9-10-26(22)40-31-25(36-5)13-24(33(37)39)28(23)29(27)31;2*1-30-20-11-19-23-18(26(32)31(27(19)33)16-5-3-2-4-6-16)10-15(13-29)22-17-9-14(12-28)7-8-21(17)34-25(20)24(22)23/h2*6-13,16-17H,1-4H3;2*2-11H. The lowest BCUT2D eigenvalue weighted by Gasteiger charge is -2.22. The summed E-state index contributed by atoms with van der Waals surface area (Å²) in [4.78, 5) is 126. The van der Waals surface area contributed by atoms with Gasteiger partial charge in [-0.25, -0.2) is 37.6 Å². The quantitative estimate of drug-likeness (QED) is 0.0774. The van der Waals surface area contributed by atoms with E-state index in [0.29, 0.717) is 152 Å². The van der Waals surface area contributed by atoms with Gasteiger partial charge in [-0.15, -0.1) is 22.7 Å². The molecule has 696 valence electrons. The maximum absolute atomic E-state index is 14.3. The smallest absolute Gasteiger partial charge is 0.266 e. The van der Waals surface area contributed by atoms with E-state index < -0.39 is 44.5 Å². The Kier molecular flexibility index (Phi) is 22.5. The first-order chi connectivity index (χ1) is 71.6. The highest BCUT2D eigenvalue weighted by Crippen LogP contribution is 2.52. The van der Waals surface area contributed by atoms with Crippen LogP contribution >= 0.6 is 22.7 Å². The van der Waals surface area contributed by atoms with Crippen LogP contribution in [-0.4, -0.2) is 18.3 Å². The Morgan fingerprint density at radius 3 is 0.791 bits per heavy atom. The molecule has 28 heteroatoms. The van der Waals surface area contributed by atoms with Crippen molar-refractivity contribution < 1.29 is 8.83 Å². The van der Waals surface area contributed by atoms with Crippen LogP contribution in [0.3, 0.4) is 0 Å². The maximum atomic E-state index is 14.3. The van der Waals surface area contributed by atoms with Gasteiger partial charge in [-0.3, -0.25) is 38.4 Å². The van der Waals surface area contributed by atoms with E-state index in [0.717, 1.165) is 40.8 Å². The van der Waals surface area contributed by atoms with Gasteiger partial charge < -0.3 is 8.83 Å². The Morgan fingerprint density at radius 1 is 0.257 bits per heavy atom. The van der Waals surface area contributed by atoms with Crippen molar-refractivity contribution in [1.82, 2.24) is 18.3 Å². The molecule has 26 nitrogen and oxygen atoms in total. The third-order valence-corrected chi connectivity index (χ3v) is 29.7. The highest BCUT2D eigenvalue weighted by Gasteiger charge is 2.33. The molecule has 24 aromatic rings. The highest BCUT2D eigenvalue weighted by molar-refractivity contribution is 7.26. The van der Waals surface area contributed by atoms with Crippen molar-refractivity contribution in [1.29, 1.82) is 42.1 Å². The Hall–Kier alpha value is -21.0. The maximum Gasteiger partial charge on any atom is 0.266 e. The minimum Gasteiger partial charge on any atom is -0.467 e. The Morgan fingerprint density at radius 2 is 0.514 bits per heavy atom. The van der Waals surface area contributed by atoms with Crippen LogP contribution in [0, 0.1) is 117 Å². The molecule has 8 heterocycles. The van der Waals surface area contributed by atoms with Crippen LogP contribution in [0.4, 0.5) is 22.7 Å². The molecule has 0 aliphatic rings. The van der Waals surface area contributed by atoms with Gasteiger partial charge >= 0.3 is 0 Å². The number of aromatic nitrogens is 4. The van der Waals surface area contributed by atoms with Crippen LogP contribution in [0.1, 0.15) is 146 Å². The first-order valence-corrected chi connectivity index (χ1v) is 47.8. The number of hydrogen-bond donors (Lipinski definition) is 0. The zero-order valence-electron chi connectivity index (χ0n) is 79.1. The summed E-state index contributed by atoms with van der Waals surface area (Å²) in [7, 11) is 0. The van der Waals surface area contributed by atoms with Gasteiger partial charge in [0.15, 0.2) is 0 Å². The molecule has 0 bridgehead atoms. The highest BCUT2D eigenvalue weighted by atomic mass is 32.1. The minimum atomic E-state index is -0.565. The van der Waals surface area contributed by atoms with E-state index in [2.05, 4.69) is 67.9 Å². The van der Waals surface area contributed by atoms with Crippen LogP contribution in [0.2, 0.25) is 0 Å². The van der Waals surface area contributed by atoms with Crippen molar-refractivity contribution in [3.05, 3.63) is 414 Å². The number of nitrogens with zero attached hydrogens (tertiary/aromatic N) is 16. The first-order valence-electron chi connectivity index (χ1n) is 46.2. The summed E-state index contributed by atoms with van der Waals surface area (Å²) in [6.07, 6.45) is 0. The van der Waals surface area contributed by atoms with E-state index in [1.54, 1.807) is 140 Å². The molecule has 24 rings (SSSR count). The predicted octanol–water partition coefficient (Wildman–Crippen LogP) is 26.0. The van der Waals surface area contributed by atoms with Gasteiger partial charge in [0.2, 0.25) is 22.7 Å². The van der Waals surface area contributed by atoms with Crippen LogP contribution in [0.25, 0.3) is 213 Å². The van der Waals surface area contributed by atoms with E-state index in [1.807, 2.05) is 97.9 Å². The number of hydrogen-bond acceptors (Lipinski definition) is 20. The van der Waals surface area contributed by atoms with E-state index in [1.165, 1.54) is 68.2 Å². The molecule has 0 fully saturated rings. The van der Waals surface area contributed by atoms with Gasteiger partial charge in [0, 0.05) is 116 Å². The Labute approximate surface area is 843 Å². The monoisotopic (exact) mass is 1950 g/mol. The second-order valence-electron chi connectivity index (χ2n) is 36.7. The van der Waals surface area contributed by atoms with Crippen molar-refractivity contribution >= 4 is 216 Å². The summed E-state index contributed by atoms with van der Waals surface area (Å²) < 4.78 is 19.6. The average Bonchev–Trinajstić information content (AvgIpc) is 0.703. The molecule has 0 atom stereocenters. The molecule has 8 aromatic heterocycles. The zero-order chi connectivity index (χ0) is 104. The van der Waals surface area contributed by atoms with Gasteiger partial charge in [-0.05, 0) is 202 Å². The summed E-state index contributed by atoms with van der Waals surface area (Å²) in [5, 5.41) is 88.0. The van der Waals surface area contributed by atoms with E-state index >= 15 is 0 Å². The van der Waals surface area contributed by atoms with E-state index in [9.17, 15) is 80.5 Å². The molecule has 0 amide bonds. The number of fused-ring (bicyclic) bond motifs is 8. The normalized spacial score (nSPS) is 11.4. The number of benzene rings is 16. The van der Waals surface area contributed by atoms with Crippen molar-refractivity contribution in [3.63, 3.8) is 0 Å². The third-order valence-electron chi connectivity index (χ3n) is 27.3. The van der Waals surface area contributed by atoms with Gasteiger partial charge in [0.25, 0.3) is 44.5 Å². The van der Waals surface area contributed by atoms with Crippen LogP contribution in [-0.2, 0) is 0 Å². The number of rotatable bonds is 8. The summed E-state index contributed by atoms with van der Waals surface area (Å²) >= 11 is 2.71. The fourth-order valence-electron chi connectivity index (χ4n) is 20.8. The van der Waals surface area contributed by atoms with E-state index in [-0.39, 0.29) is 123 Å². The second kappa shape index (κ2) is 35.7. The van der Waals surface area contributed by atoms with Crippen molar-refractivity contribution in [2.45, 2.75) is 79.1 Å². The summed E-state index contributed by atoms with van der Waals surface area (Å²) in [5.74, 6) is 0.140. The lowest BCUT2D eigenvalue weighted by atomic mass is 9.90. The molecule has 148 heavy (non-hydrogen) atoms. The van der Waals surface area contributed by atoms with Gasteiger partial charge in [0.1, 0.15) is 22.3 Å². The molecule has 0 radical (unpaired) electrons. The van der Waals surface area contributed by atoms with Gasteiger partial charge in [-0.2, -0.15) is 42.1 Å². The Balaban J connectivity index is 0.000000116. The molecule has 0 unspecified atom stereocenters. The first kappa shape index (κ1) is 93.3.